The highest BCUT2D eigenvalue weighted by molar-refractivity contribution is 5.96. The summed E-state index contributed by atoms with van der Waals surface area (Å²) in [4.78, 5) is 29.5. The predicted octanol–water partition coefficient (Wildman–Crippen LogP) is 2.75. The molecule has 29 heavy (non-hydrogen) atoms. The lowest BCUT2D eigenvalue weighted by Crippen LogP contribution is -2.49. The Kier molecular flexibility index (Phi) is 4.10. The molecule has 3 aliphatic heterocycles. The lowest BCUT2D eigenvalue weighted by molar-refractivity contribution is -0.138. The Morgan fingerprint density at radius 1 is 1.24 bits per heavy atom. The molecule has 2 aromatic rings. The number of ether oxygens (including phenoxy) is 2. The summed E-state index contributed by atoms with van der Waals surface area (Å²) in [6.45, 7) is 0.869. The fourth-order valence-corrected chi connectivity index (χ4v) is 4.97. The highest BCUT2D eigenvalue weighted by Gasteiger charge is 2.65. The Bertz CT molecular complexity index is 982. The average Bonchev–Trinajstić information content (AvgIpc) is 3.37. The number of carbonyl (C=O) groups is 2. The van der Waals surface area contributed by atoms with Gasteiger partial charge in [0, 0.05) is 18.5 Å². The van der Waals surface area contributed by atoms with E-state index >= 15 is 0 Å². The summed E-state index contributed by atoms with van der Waals surface area (Å²) in [5.41, 5.74) is 0.474. The van der Waals surface area contributed by atoms with Gasteiger partial charge in [0.25, 0.3) is 5.91 Å². The van der Waals surface area contributed by atoms with Crippen LogP contribution in [0, 0.1) is 5.82 Å². The van der Waals surface area contributed by atoms with Gasteiger partial charge in [0.1, 0.15) is 0 Å². The molecule has 3 heterocycles. The molecule has 5 rings (SSSR count). The summed E-state index contributed by atoms with van der Waals surface area (Å²) in [7, 11) is 1.38. The van der Waals surface area contributed by atoms with Crippen LogP contribution in [0.5, 0.6) is 5.75 Å². The Morgan fingerprint density at radius 3 is 2.76 bits per heavy atom. The van der Waals surface area contributed by atoms with Gasteiger partial charge in [0.2, 0.25) is 5.91 Å². The first-order valence-electron chi connectivity index (χ1n) is 9.71. The van der Waals surface area contributed by atoms with Gasteiger partial charge in [-0.05, 0) is 23.8 Å². The molecule has 2 aromatic carbocycles. The van der Waals surface area contributed by atoms with Crippen LogP contribution >= 0.6 is 0 Å². The minimum absolute atomic E-state index is 0.0141. The third kappa shape index (κ3) is 2.57. The second-order valence-corrected chi connectivity index (χ2v) is 7.66. The van der Waals surface area contributed by atoms with Crippen molar-refractivity contribution in [1.29, 1.82) is 0 Å². The molecule has 3 fully saturated rings. The summed E-state index contributed by atoms with van der Waals surface area (Å²) in [5.74, 6) is -0.807. The van der Waals surface area contributed by atoms with Gasteiger partial charge in [-0.2, -0.15) is 0 Å². The maximum absolute atomic E-state index is 14.1. The van der Waals surface area contributed by atoms with Crippen molar-refractivity contribution >= 4 is 11.8 Å². The Balaban J connectivity index is 1.44. The van der Waals surface area contributed by atoms with Crippen molar-refractivity contribution in [2.24, 2.45) is 0 Å². The summed E-state index contributed by atoms with van der Waals surface area (Å²) >= 11 is 0. The van der Waals surface area contributed by atoms with E-state index in [9.17, 15) is 14.0 Å². The van der Waals surface area contributed by atoms with Crippen LogP contribution in [0.4, 0.5) is 4.39 Å². The molecule has 0 saturated carbocycles. The van der Waals surface area contributed by atoms with Crippen LogP contribution in [0.15, 0.2) is 48.5 Å². The normalized spacial score (nSPS) is 27.9. The molecule has 1 spiro atoms. The van der Waals surface area contributed by atoms with Crippen molar-refractivity contribution < 1.29 is 23.5 Å². The van der Waals surface area contributed by atoms with Crippen molar-refractivity contribution in [1.82, 2.24) is 9.80 Å². The molecule has 3 aliphatic rings. The maximum atomic E-state index is 14.1. The number of rotatable bonds is 3. The number of methoxy groups -OCH3 is 1. The fourth-order valence-electron chi connectivity index (χ4n) is 4.97. The Labute approximate surface area is 167 Å². The van der Waals surface area contributed by atoms with E-state index in [1.807, 2.05) is 35.2 Å². The van der Waals surface area contributed by atoms with Crippen LogP contribution in [-0.4, -0.2) is 53.6 Å². The number of likely N-dealkylation sites (tertiary alicyclic amines) is 1. The van der Waals surface area contributed by atoms with E-state index in [2.05, 4.69) is 0 Å². The monoisotopic (exact) mass is 396 g/mol. The molecule has 2 amide bonds. The number of nitrogens with zero attached hydrogens (tertiary/aromatic N) is 2. The molecule has 150 valence electrons. The molecule has 3 saturated heterocycles. The SMILES string of the molecule is COc1ccc(C(=O)N2CC[C@@]34OC[C@@H](c5ccccc5)N3C(=O)C[C@@H]24)cc1F. The molecule has 0 N–H and O–H groups in total. The van der Waals surface area contributed by atoms with Crippen LogP contribution in [0.3, 0.4) is 0 Å². The van der Waals surface area contributed by atoms with E-state index < -0.39 is 11.5 Å². The van der Waals surface area contributed by atoms with Crippen molar-refractivity contribution in [2.45, 2.75) is 30.7 Å². The molecule has 0 aliphatic carbocycles. The van der Waals surface area contributed by atoms with E-state index in [4.69, 9.17) is 9.47 Å². The molecular formula is C22H21FN2O4. The largest absolute Gasteiger partial charge is 0.494 e. The van der Waals surface area contributed by atoms with Crippen molar-refractivity contribution in [3.05, 3.63) is 65.5 Å². The van der Waals surface area contributed by atoms with Gasteiger partial charge in [-0.1, -0.05) is 30.3 Å². The number of hydrogen-bond donors (Lipinski definition) is 0. The zero-order valence-electron chi connectivity index (χ0n) is 16.0. The number of benzene rings is 2. The quantitative estimate of drug-likeness (QED) is 0.801. The zero-order chi connectivity index (χ0) is 20.2. The van der Waals surface area contributed by atoms with Gasteiger partial charge in [0.15, 0.2) is 17.3 Å². The summed E-state index contributed by atoms with van der Waals surface area (Å²) in [6.07, 6.45) is 0.769. The zero-order valence-corrected chi connectivity index (χ0v) is 16.0. The molecule has 3 atom stereocenters. The van der Waals surface area contributed by atoms with E-state index in [-0.39, 0.29) is 41.6 Å². The smallest absolute Gasteiger partial charge is 0.254 e. The van der Waals surface area contributed by atoms with Crippen LogP contribution in [-0.2, 0) is 9.53 Å². The van der Waals surface area contributed by atoms with E-state index in [0.717, 1.165) is 5.56 Å². The topological polar surface area (TPSA) is 59.1 Å². The first-order chi connectivity index (χ1) is 14.0. The Morgan fingerprint density at radius 2 is 2.03 bits per heavy atom. The lowest BCUT2D eigenvalue weighted by Gasteiger charge is -2.33. The number of halogens is 1. The Hall–Kier alpha value is -2.93. The van der Waals surface area contributed by atoms with Crippen LogP contribution < -0.4 is 4.74 Å². The van der Waals surface area contributed by atoms with Crippen molar-refractivity contribution in [3.8, 4) is 5.75 Å². The van der Waals surface area contributed by atoms with Crippen molar-refractivity contribution in [2.75, 3.05) is 20.3 Å². The number of carbonyl (C=O) groups excluding carboxylic acids is 2. The molecule has 0 bridgehead atoms. The highest BCUT2D eigenvalue weighted by Crippen LogP contribution is 2.51. The summed E-state index contributed by atoms with van der Waals surface area (Å²) < 4.78 is 25.2. The van der Waals surface area contributed by atoms with Gasteiger partial charge < -0.3 is 19.3 Å². The summed E-state index contributed by atoms with van der Waals surface area (Å²) in [6, 6.07) is 13.5. The van der Waals surface area contributed by atoms with Gasteiger partial charge in [-0.25, -0.2) is 4.39 Å². The molecule has 6 nitrogen and oxygen atoms in total. The fraction of sp³-hybridized carbons (Fsp3) is 0.364. The predicted molar refractivity (Wildman–Crippen MR) is 102 cm³/mol. The van der Waals surface area contributed by atoms with Crippen LogP contribution in [0.2, 0.25) is 0 Å². The van der Waals surface area contributed by atoms with Gasteiger partial charge >= 0.3 is 0 Å². The first kappa shape index (κ1) is 18.1. The van der Waals surface area contributed by atoms with Gasteiger partial charge in [0.05, 0.1) is 32.2 Å². The first-order valence-corrected chi connectivity index (χ1v) is 9.71. The van der Waals surface area contributed by atoms with Gasteiger partial charge in [-0.3, -0.25) is 9.59 Å². The standard InChI is InChI=1S/C22H21FN2O4/c1-28-18-8-7-15(11-16(18)23)21(27)24-10-9-22-19(24)12-20(26)25(22)17(13-29-22)14-5-3-2-4-6-14/h2-8,11,17,19H,9-10,12-13H2,1H3/t17-,19+,22-/m0/s1. The van der Waals surface area contributed by atoms with E-state index in [0.29, 0.717) is 19.6 Å². The maximum Gasteiger partial charge on any atom is 0.254 e. The van der Waals surface area contributed by atoms with Crippen LogP contribution in [0.25, 0.3) is 0 Å². The second-order valence-electron chi connectivity index (χ2n) is 7.66. The lowest BCUT2D eigenvalue weighted by atomic mass is 10.0. The summed E-state index contributed by atoms with van der Waals surface area (Å²) in [5, 5.41) is 0. The minimum atomic E-state index is -0.793. The third-order valence-electron chi connectivity index (χ3n) is 6.30. The van der Waals surface area contributed by atoms with Crippen LogP contribution in [0.1, 0.15) is 34.8 Å². The molecular weight excluding hydrogens is 375 g/mol. The minimum Gasteiger partial charge on any atom is -0.494 e. The average molecular weight is 396 g/mol. The third-order valence-corrected chi connectivity index (χ3v) is 6.30. The van der Waals surface area contributed by atoms with Gasteiger partial charge in [-0.15, -0.1) is 0 Å². The van der Waals surface area contributed by atoms with E-state index in [1.54, 1.807) is 11.0 Å². The van der Waals surface area contributed by atoms with E-state index in [1.165, 1.54) is 19.2 Å². The van der Waals surface area contributed by atoms with Crippen molar-refractivity contribution in [3.63, 3.8) is 0 Å². The number of amides is 2. The highest BCUT2D eigenvalue weighted by atomic mass is 19.1. The number of hydrogen-bond acceptors (Lipinski definition) is 4. The second kappa shape index (κ2) is 6.56. The molecule has 7 heteroatoms. The molecule has 0 aromatic heterocycles. The molecule has 0 unspecified atom stereocenters. The molecule has 0 radical (unpaired) electrons.